The summed E-state index contributed by atoms with van der Waals surface area (Å²) < 4.78 is 2.05. The highest BCUT2D eigenvalue weighted by Gasteiger charge is 2.08. The maximum atomic E-state index is 4.50. The van der Waals surface area contributed by atoms with Crippen LogP contribution in [0.3, 0.4) is 0 Å². The minimum absolute atomic E-state index is 0.848. The molecule has 4 heteroatoms. The number of para-hydroxylation sites is 1. The number of hydrogen-bond donors (Lipinski definition) is 0. The fourth-order valence-electron chi connectivity index (χ4n) is 2.20. The standard InChI is InChI=1S/C13H8N4/c1-2-4-10-9(3-1)13-11(7-15-10)16-12-8-14-5-6-17(12)13/h1-8H. The molecule has 0 radical (unpaired) electrons. The van der Waals surface area contributed by atoms with Crippen molar-refractivity contribution in [2.45, 2.75) is 0 Å². The van der Waals surface area contributed by atoms with E-state index in [1.165, 1.54) is 0 Å². The predicted molar refractivity (Wildman–Crippen MR) is 65.8 cm³/mol. The van der Waals surface area contributed by atoms with Crippen LogP contribution in [0.25, 0.3) is 27.6 Å². The number of imidazole rings is 1. The monoisotopic (exact) mass is 220 g/mol. The van der Waals surface area contributed by atoms with Crippen molar-refractivity contribution in [2.75, 3.05) is 0 Å². The van der Waals surface area contributed by atoms with E-state index < -0.39 is 0 Å². The fraction of sp³-hybridized carbons (Fsp3) is 0. The van der Waals surface area contributed by atoms with Crippen molar-refractivity contribution in [1.82, 2.24) is 19.4 Å². The van der Waals surface area contributed by atoms with E-state index in [2.05, 4.69) is 21.0 Å². The highest BCUT2D eigenvalue weighted by atomic mass is 15.0. The van der Waals surface area contributed by atoms with E-state index >= 15 is 0 Å². The zero-order chi connectivity index (χ0) is 11.2. The van der Waals surface area contributed by atoms with Gasteiger partial charge in [0.05, 0.1) is 23.4 Å². The van der Waals surface area contributed by atoms with Gasteiger partial charge in [-0.3, -0.25) is 14.4 Å². The summed E-state index contributed by atoms with van der Waals surface area (Å²) in [5.74, 6) is 0. The van der Waals surface area contributed by atoms with Gasteiger partial charge in [-0.25, -0.2) is 4.98 Å². The van der Waals surface area contributed by atoms with Gasteiger partial charge in [0, 0.05) is 17.8 Å². The summed E-state index contributed by atoms with van der Waals surface area (Å²) in [6.07, 6.45) is 7.26. The summed E-state index contributed by atoms with van der Waals surface area (Å²) in [5, 5.41) is 1.11. The van der Waals surface area contributed by atoms with Gasteiger partial charge >= 0.3 is 0 Å². The summed E-state index contributed by atoms with van der Waals surface area (Å²) >= 11 is 0. The SMILES string of the molecule is c1ccc2c(c1)ncc1nc3cnccn3c12. The highest BCUT2D eigenvalue weighted by Crippen LogP contribution is 2.23. The fourth-order valence-corrected chi connectivity index (χ4v) is 2.20. The number of benzene rings is 1. The number of nitrogens with zero attached hydrogens (tertiary/aromatic N) is 4. The van der Waals surface area contributed by atoms with E-state index in [4.69, 9.17) is 0 Å². The summed E-state index contributed by atoms with van der Waals surface area (Å²) in [6, 6.07) is 8.09. The van der Waals surface area contributed by atoms with Crippen LogP contribution in [0.1, 0.15) is 0 Å². The van der Waals surface area contributed by atoms with Crippen molar-refractivity contribution in [3.63, 3.8) is 0 Å². The van der Waals surface area contributed by atoms with Crippen LogP contribution in [0.5, 0.6) is 0 Å². The Labute approximate surface area is 96.6 Å². The molecule has 0 atom stereocenters. The van der Waals surface area contributed by atoms with Gasteiger partial charge in [-0.2, -0.15) is 0 Å². The lowest BCUT2D eigenvalue weighted by atomic mass is 10.2. The molecule has 0 bridgehead atoms. The molecule has 0 saturated carbocycles. The molecule has 4 rings (SSSR count). The van der Waals surface area contributed by atoms with E-state index in [1.54, 1.807) is 12.4 Å². The average Bonchev–Trinajstić information content (AvgIpc) is 2.77. The van der Waals surface area contributed by atoms with Gasteiger partial charge in [-0.1, -0.05) is 18.2 Å². The molecule has 0 amide bonds. The zero-order valence-electron chi connectivity index (χ0n) is 8.91. The number of fused-ring (bicyclic) bond motifs is 5. The summed E-state index contributed by atoms with van der Waals surface area (Å²) in [6.45, 7) is 0. The highest BCUT2D eigenvalue weighted by molar-refractivity contribution is 6.03. The largest absolute Gasteiger partial charge is 0.296 e. The molecule has 0 unspecified atom stereocenters. The van der Waals surface area contributed by atoms with E-state index in [0.29, 0.717) is 0 Å². The maximum absolute atomic E-state index is 4.50. The lowest BCUT2D eigenvalue weighted by Gasteiger charge is -1.99. The summed E-state index contributed by atoms with van der Waals surface area (Å²) in [7, 11) is 0. The van der Waals surface area contributed by atoms with Crippen molar-refractivity contribution in [2.24, 2.45) is 0 Å². The first kappa shape index (κ1) is 8.64. The first-order chi connectivity index (χ1) is 8.43. The molecule has 0 saturated heterocycles. The summed E-state index contributed by atoms with van der Waals surface area (Å²) in [4.78, 5) is 13.0. The van der Waals surface area contributed by atoms with Gasteiger partial charge in [-0.15, -0.1) is 0 Å². The molecule has 17 heavy (non-hydrogen) atoms. The van der Waals surface area contributed by atoms with E-state index in [0.717, 1.165) is 27.6 Å². The Balaban J connectivity index is 2.38. The van der Waals surface area contributed by atoms with Crippen LogP contribution in [0.2, 0.25) is 0 Å². The average molecular weight is 220 g/mol. The van der Waals surface area contributed by atoms with Crippen LogP contribution in [-0.2, 0) is 0 Å². The molecular formula is C13H8N4. The van der Waals surface area contributed by atoms with Crippen molar-refractivity contribution in [1.29, 1.82) is 0 Å². The van der Waals surface area contributed by atoms with Crippen molar-refractivity contribution in [3.8, 4) is 0 Å². The Hall–Kier alpha value is -2.49. The molecule has 4 nitrogen and oxygen atoms in total. The Morgan fingerprint density at radius 1 is 1.00 bits per heavy atom. The molecular weight excluding hydrogens is 212 g/mol. The lowest BCUT2D eigenvalue weighted by molar-refractivity contribution is 1.16. The van der Waals surface area contributed by atoms with Crippen LogP contribution in [-0.4, -0.2) is 19.4 Å². The molecule has 0 aliphatic carbocycles. The van der Waals surface area contributed by atoms with Gasteiger partial charge in [0.1, 0.15) is 5.52 Å². The van der Waals surface area contributed by atoms with E-state index in [1.807, 2.05) is 35.0 Å². The molecule has 3 heterocycles. The van der Waals surface area contributed by atoms with Crippen LogP contribution < -0.4 is 0 Å². The van der Waals surface area contributed by atoms with E-state index in [9.17, 15) is 0 Å². The Morgan fingerprint density at radius 3 is 2.94 bits per heavy atom. The van der Waals surface area contributed by atoms with Crippen molar-refractivity contribution in [3.05, 3.63) is 49.1 Å². The normalized spacial score (nSPS) is 11.5. The van der Waals surface area contributed by atoms with Crippen molar-refractivity contribution >= 4 is 27.6 Å². The number of hydrogen-bond acceptors (Lipinski definition) is 3. The van der Waals surface area contributed by atoms with Crippen molar-refractivity contribution < 1.29 is 0 Å². The maximum Gasteiger partial charge on any atom is 0.156 e. The molecule has 4 aromatic rings. The smallest absolute Gasteiger partial charge is 0.156 e. The molecule has 0 aliphatic heterocycles. The number of rotatable bonds is 0. The minimum atomic E-state index is 0.848. The first-order valence-corrected chi connectivity index (χ1v) is 5.39. The molecule has 3 aromatic heterocycles. The summed E-state index contributed by atoms with van der Waals surface area (Å²) in [5.41, 5.74) is 3.82. The topological polar surface area (TPSA) is 43.1 Å². The molecule has 0 fully saturated rings. The Kier molecular flexibility index (Phi) is 1.53. The molecule has 0 spiro atoms. The van der Waals surface area contributed by atoms with Crippen LogP contribution in [0.4, 0.5) is 0 Å². The van der Waals surface area contributed by atoms with E-state index in [-0.39, 0.29) is 0 Å². The van der Waals surface area contributed by atoms with Gasteiger partial charge in [-0.05, 0) is 6.07 Å². The molecule has 1 aromatic carbocycles. The second kappa shape index (κ2) is 3.01. The predicted octanol–water partition coefficient (Wildman–Crippen LogP) is 2.43. The second-order valence-corrected chi connectivity index (χ2v) is 3.93. The third kappa shape index (κ3) is 1.09. The molecule has 0 aliphatic rings. The first-order valence-electron chi connectivity index (χ1n) is 5.39. The lowest BCUT2D eigenvalue weighted by Crippen LogP contribution is -1.86. The van der Waals surface area contributed by atoms with Crippen LogP contribution in [0, 0.1) is 0 Å². The van der Waals surface area contributed by atoms with Gasteiger partial charge in [0.25, 0.3) is 0 Å². The van der Waals surface area contributed by atoms with Crippen LogP contribution >= 0.6 is 0 Å². The quantitative estimate of drug-likeness (QED) is 0.457. The van der Waals surface area contributed by atoms with Gasteiger partial charge in [0.15, 0.2) is 5.65 Å². The molecule has 0 N–H and O–H groups in total. The minimum Gasteiger partial charge on any atom is -0.296 e. The molecule has 80 valence electrons. The van der Waals surface area contributed by atoms with Gasteiger partial charge < -0.3 is 0 Å². The zero-order valence-corrected chi connectivity index (χ0v) is 8.91. The number of pyridine rings is 1. The Bertz CT molecular complexity index is 842. The Morgan fingerprint density at radius 2 is 1.94 bits per heavy atom. The second-order valence-electron chi connectivity index (χ2n) is 3.93. The number of aromatic nitrogens is 4. The third-order valence-electron chi connectivity index (χ3n) is 2.94. The van der Waals surface area contributed by atoms with Gasteiger partial charge in [0.2, 0.25) is 0 Å². The third-order valence-corrected chi connectivity index (χ3v) is 2.94. The van der Waals surface area contributed by atoms with Crippen LogP contribution in [0.15, 0.2) is 49.1 Å².